The van der Waals surface area contributed by atoms with E-state index in [4.69, 9.17) is 16.6 Å². The van der Waals surface area contributed by atoms with Crippen LogP contribution in [0.4, 0.5) is 8.78 Å². The molecule has 0 amide bonds. The van der Waals surface area contributed by atoms with Gasteiger partial charge in [-0.15, -0.1) is 12.3 Å². The maximum atomic E-state index is 12.5. The number of benzene rings is 2. The summed E-state index contributed by atoms with van der Waals surface area (Å²) in [7, 11) is 0. The van der Waals surface area contributed by atoms with Crippen LogP contribution in [0.5, 0.6) is 0 Å². The van der Waals surface area contributed by atoms with E-state index in [2.05, 4.69) is 40.4 Å². The highest BCUT2D eigenvalue weighted by Gasteiger charge is 1.88. The molecule has 0 aromatic heterocycles. The molecule has 5 heteroatoms. The van der Waals surface area contributed by atoms with Gasteiger partial charge in [-0.25, -0.2) is 8.78 Å². The van der Waals surface area contributed by atoms with Crippen molar-refractivity contribution in [1.82, 2.24) is 0 Å². The minimum atomic E-state index is -0.240. The van der Waals surface area contributed by atoms with Crippen molar-refractivity contribution >= 4 is 22.6 Å². The van der Waals surface area contributed by atoms with Crippen LogP contribution in [-0.2, 0) is 0 Å². The fraction of sp³-hybridized carbons (Fsp3) is 0.333. The molecule has 156 valence electrons. The van der Waals surface area contributed by atoms with E-state index in [-0.39, 0.29) is 24.8 Å². The van der Waals surface area contributed by atoms with E-state index in [0.717, 1.165) is 47.7 Å². The lowest BCUT2D eigenvalue weighted by Crippen LogP contribution is -1.81. The lowest BCUT2D eigenvalue weighted by molar-refractivity contribution is 0.285. The summed E-state index contributed by atoms with van der Waals surface area (Å²) in [5, 5.41) is 16.7. The first kappa shape index (κ1) is 27.1. The lowest BCUT2D eigenvalue weighted by Gasteiger charge is -1.90. The molecule has 2 aromatic rings. The van der Waals surface area contributed by atoms with Crippen molar-refractivity contribution in [2.75, 3.05) is 13.2 Å². The Balaban J connectivity index is 0.000000444. The van der Waals surface area contributed by atoms with Gasteiger partial charge in [0, 0.05) is 35.2 Å². The summed E-state index contributed by atoms with van der Waals surface area (Å²) in [4.78, 5) is 0. The van der Waals surface area contributed by atoms with Gasteiger partial charge in [0.1, 0.15) is 11.6 Å². The van der Waals surface area contributed by atoms with Gasteiger partial charge in [0.05, 0.1) is 0 Å². The van der Waals surface area contributed by atoms with Crippen molar-refractivity contribution < 1.29 is 19.0 Å². The van der Waals surface area contributed by atoms with Crippen molar-refractivity contribution in [3.63, 3.8) is 0 Å². The van der Waals surface area contributed by atoms with Gasteiger partial charge in [0.2, 0.25) is 0 Å². The van der Waals surface area contributed by atoms with E-state index >= 15 is 0 Å². The average Bonchev–Trinajstić information content (AvgIpc) is 2.73. The molecular formula is C24H27F2IO2. The molecule has 0 heterocycles. The van der Waals surface area contributed by atoms with Gasteiger partial charge in [-0.2, -0.15) is 0 Å². The third-order valence-electron chi connectivity index (χ3n) is 3.32. The molecular weight excluding hydrogens is 485 g/mol. The summed E-state index contributed by atoms with van der Waals surface area (Å²) in [6.45, 7) is 0.486. The number of aliphatic hydroxyl groups is 2. The van der Waals surface area contributed by atoms with Gasteiger partial charge in [0.25, 0.3) is 0 Å². The van der Waals surface area contributed by atoms with Gasteiger partial charge < -0.3 is 10.2 Å². The van der Waals surface area contributed by atoms with Crippen molar-refractivity contribution in [1.29, 1.82) is 0 Å². The quantitative estimate of drug-likeness (QED) is 0.303. The van der Waals surface area contributed by atoms with Crippen molar-refractivity contribution in [2.45, 2.75) is 38.5 Å². The Morgan fingerprint density at radius 3 is 1.69 bits per heavy atom. The Morgan fingerprint density at radius 2 is 1.24 bits per heavy atom. The maximum absolute atomic E-state index is 12.5. The molecule has 29 heavy (non-hydrogen) atoms. The van der Waals surface area contributed by atoms with Crippen LogP contribution in [0.3, 0.4) is 0 Å². The standard InChI is InChI=1S/C12H13FO.C6H4FI.C6H10O/c13-12-8-6-11(7-9-12)5-3-1-2-4-10-14;7-5-1-3-6(8)4-2-5;1-2-3-4-5-6-7/h6-9,14H,1-2,4,10H2;1-4H;1,7H,3-6H2. The van der Waals surface area contributed by atoms with Crippen LogP contribution in [-0.4, -0.2) is 23.4 Å². The van der Waals surface area contributed by atoms with E-state index < -0.39 is 0 Å². The number of hydrogen-bond acceptors (Lipinski definition) is 2. The summed E-state index contributed by atoms with van der Waals surface area (Å²) < 4.78 is 25.6. The van der Waals surface area contributed by atoms with Crippen LogP contribution in [0.15, 0.2) is 48.5 Å². The van der Waals surface area contributed by atoms with E-state index in [9.17, 15) is 8.78 Å². The second kappa shape index (κ2) is 19.4. The molecule has 0 aliphatic heterocycles. The van der Waals surface area contributed by atoms with Gasteiger partial charge in [-0.3, -0.25) is 0 Å². The second-order valence-electron chi connectivity index (χ2n) is 5.81. The summed E-state index contributed by atoms with van der Waals surface area (Å²) in [6.07, 6.45) is 9.99. The number of halogens is 3. The molecule has 0 atom stereocenters. The highest BCUT2D eigenvalue weighted by atomic mass is 127. The fourth-order valence-corrected chi connectivity index (χ4v) is 2.15. The topological polar surface area (TPSA) is 40.5 Å². The highest BCUT2D eigenvalue weighted by Crippen LogP contribution is 2.04. The SMILES string of the molecule is C#CCCCCO.Fc1ccc(I)cc1.OCCCCC#Cc1ccc(F)cc1. The van der Waals surface area contributed by atoms with Gasteiger partial charge >= 0.3 is 0 Å². The molecule has 0 fully saturated rings. The molecule has 2 rings (SSSR count). The first-order chi connectivity index (χ1) is 14.0. The largest absolute Gasteiger partial charge is 0.396 e. The highest BCUT2D eigenvalue weighted by molar-refractivity contribution is 14.1. The third kappa shape index (κ3) is 17.9. The normalized spacial score (nSPS) is 8.97. The molecule has 2 nitrogen and oxygen atoms in total. The zero-order chi connectivity index (χ0) is 21.7. The van der Waals surface area contributed by atoms with Crippen LogP contribution >= 0.6 is 22.6 Å². The number of rotatable bonds is 6. The molecule has 2 aromatic carbocycles. The smallest absolute Gasteiger partial charge is 0.123 e. The number of aliphatic hydroxyl groups excluding tert-OH is 2. The first-order valence-electron chi connectivity index (χ1n) is 9.34. The zero-order valence-electron chi connectivity index (χ0n) is 16.4. The Bertz CT molecular complexity index is 721. The summed E-state index contributed by atoms with van der Waals surface area (Å²) in [6, 6.07) is 12.5. The summed E-state index contributed by atoms with van der Waals surface area (Å²) in [5.74, 6) is 7.98. The Kier molecular flexibility index (Phi) is 18.1. The van der Waals surface area contributed by atoms with E-state index in [0.29, 0.717) is 0 Å². The van der Waals surface area contributed by atoms with E-state index in [1.165, 1.54) is 24.3 Å². The minimum absolute atomic E-state index is 0.176. The molecule has 0 aliphatic carbocycles. The van der Waals surface area contributed by atoms with Gasteiger partial charge in [-0.1, -0.05) is 11.8 Å². The molecule has 2 N–H and O–H groups in total. The Labute approximate surface area is 186 Å². The second-order valence-corrected chi connectivity index (χ2v) is 7.06. The maximum Gasteiger partial charge on any atom is 0.123 e. The molecule has 0 saturated heterocycles. The molecule has 0 bridgehead atoms. The average molecular weight is 512 g/mol. The van der Waals surface area contributed by atoms with Crippen molar-refractivity contribution in [3.05, 3.63) is 69.3 Å². The first-order valence-corrected chi connectivity index (χ1v) is 10.4. The van der Waals surface area contributed by atoms with Gasteiger partial charge in [0.15, 0.2) is 0 Å². The van der Waals surface area contributed by atoms with Crippen LogP contribution in [0.25, 0.3) is 0 Å². The molecule has 0 unspecified atom stereocenters. The number of unbranched alkanes of at least 4 members (excludes halogenated alkanes) is 4. The monoisotopic (exact) mass is 512 g/mol. The van der Waals surface area contributed by atoms with Crippen molar-refractivity contribution in [3.8, 4) is 24.2 Å². The fourth-order valence-electron chi connectivity index (χ4n) is 1.79. The summed E-state index contributed by atoms with van der Waals surface area (Å²) >= 11 is 2.13. The van der Waals surface area contributed by atoms with Crippen molar-refractivity contribution in [2.24, 2.45) is 0 Å². The van der Waals surface area contributed by atoms with E-state index in [1.807, 2.05) is 0 Å². The van der Waals surface area contributed by atoms with Crippen LogP contribution in [0.1, 0.15) is 44.1 Å². The Morgan fingerprint density at radius 1 is 0.759 bits per heavy atom. The van der Waals surface area contributed by atoms with Crippen LogP contribution in [0, 0.1) is 39.4 Å². The molecule has 0 aliphatic rings. The lowest BCUT2D eigenvalue weighted by atomic mass is 10.2. The van der Waals surface area contributed by atoms with E-state index in [1.54, 1.807) is 24.3 Å². The zero-order valence-corrected chi connectivity index (χ0v) is 18.5. The van der Waals surface area contributed by atoms with Crippen LogP contribution < -0.4 is 0 Å². The predicted octanol–water partition coefficient (Wildman–Crippen LogP) is 5.55. The number of terminal acetylenes is 1. The Hall–Kier alpha value is -1.93. The molecule has 0 spiro atoms. The summed E-state index contributed by atoms with van der Waals surface area (Å²) in [5.41, 5.74) is 0.829. The third-order valence-corrected chi connectivity index (χ3v) is 4.04. The molecule has 0 radical (unpaired) electrons. The predicted molar refractivity (Wildman–Crippen MR) is 123 cm³/mol. The van der Waals surface area contributed by atoms with Crippen LogP contribution in [0.2, 0.25) is 0 Å². The minimum Gasteiger partial charge on any atom is -0.396 e. The number of hydrogen-bond donors (Lipinski definition) is 2. The van der Waals surface area contributed by atoms with Gasteiger partial charge in [-0.05, 0) is 96.8 Å². The molecule has 0 saturated carbocycles.